The van der Waals surface area contributed by atoms with Crippen molar-refractivity contribution in [3.05, 3.63) is 87.1 Å². The highest BCUT2D eigenvalue weighted by Crippen LogP contribution is 2.25. The third kappa shape index (κ3) is 4.66. The van der Waals surface area contributed by atoms with Crippen molar-refractivity contribution >= 4 is 17.5 Å². The first-order valence-corrected chi connectivity index (χ1v) is 10.1. The van der Waals surface area contributed by atoms with Crippen LogP contribution in [0.3, 0.4) is 0 Å². The van der Waals surface area contributed by atoms with Crippen LogP contribution < -0.4 is 15.6 Å². The van der Waals surface area contributed by atoms with E-state index in [1.807, 2.05) is 48.5 Å². The number of nitrogens with zero attached hydrogens (tertiary/aromatic N) is 1. The quantitative estimate of drug-likeness (QED) is 0.623. The van der Waals surface area contributed by atoms with Crippen LogP contribution >= 0.6 is 0 Å². The molecule has 0 saturated carbocycles. The van der Waals surface area contributed by atoms with Crippen LogP contribution in [0, 0.1) is 11.8 Å². The highest BCUT2D eigenvalue weighted by molar-refractivity contribution is 5.95. The van der Waals surface area contributed by atoms with Crippen LogP contribution in [0.1, 0.15) is 41.5 Å². The summed E-state index contributed by atoms with van der Waals surface area (Å²) in [4.78, 5) is 37.7. The number of benzene rings is 2. The number of amides is 2. The van der Waals surface area contributed by atoms with E-state index in [0.29, 0.717) is 25.8 Å². The molecule has 1 aliphatic rings. The first kappa shape index (κ1) is 19.7. The van der Waals surface area contributed by atoms with Crippen LogP contribution in [0.2, 0.25) is 0 Å². The summed E-state index contributed by atoms with van der Waals surface area (Å²) in [6, 6.07) is 17.1. The molecular weight excluding hydrogens is 376 g/mol. The monoisotopic (exact) mass is 398 g/mol. The van der Waals surface area contributed by atoms with E-state index in [9.17, 15) is 14.4 Å². The summed E-state index contributed by atoms with van der Waals surface area (Å²) in [5, 5.41) is 2.81. The van der Waals surface area contributed by atoms with E-state index in [2.05, 4.69) is 17.2 Å². The van der Waals surface area contributed by atoms with Gasteiger partial charge in [-0.2, -0.15) is 0 Å². The molecule has 2 amide bonds. The molecule has 5 heteroatoms. The molecular formula is C25H22N2O3. The van der Waals surface area contributed by atoms with Crippen molar-refractivity contribution in [2.24, 2.45) is 0 Å². The second kappa shape index (κ2) is 8.79. The summed E-state index contributed by atoms with van der Waals surface area (Å²) in [7, 11) is 0. The molecule has 150 valence electrons. The van der Waals surface area contributed by atoms with Crippen LogP contribution in [-0.2, 0) is 22.6 Å². The van der Waals surface area contributed by atoms with Crippen LogP contribution in [0.25, 0.3) is 0 Å². The number of para-hydroxylation sites is 1. The molecule has 1 N–H and O–H groups in total. The number of hydrogen-bond donors (Lipinski definition) is 1. The number of fused-ring (bicyclic) bond motifs is 2. The van der Waals surface area contributed by atoms with E-state index in [0.717, 1.165) is 27.9 Å². The lowest BCUT2D eigenvalue weighted by atomic mass is 10.0. The first-order valence-electron chi connectivity index (χ1n) is 10.1. The Hall–Kier alpha value is -3.65. The minimum absolute atomic E-state index is 0.0602. The van der Waals surface area contributed by atoms with Gasteiger partial charge < -0.3 is 10.2 Å². The molecule has 0 bridgehead atoms. The average Bonchev–Trinajstić information content (AvgIpc) is 3.44. The summed E-state index contributed by atoms with van der Waals surface area (Å²) in [5.41, 5.74) is 4.44. The molecule has 0 fully saturated rings. The lowest BCUT2D eigenvalue weighted by Gasteiger charge is -2.26. The minimum Gasteiger partial charge on any atom is -0.356 e. The van der Waals surface area contributed by atoms with Crippen molar-refractivity contribution in [2.45, 2.75) is 32.2 Å². The van der Waals surface area contributed by atoms with Crippen LogP contribution in [-0.4, -0.2) is 18.4 Å². The molecule has 0 saturated heterocycles. The number of hydrogen-bond acceptors (Lipinski definition) is 3. The topological polar surface area (TPSA) is 66.5 Å². The Morgan fingerprint density at radius 3 is 2.47 bits per heavy atom. The van der Waals surface area contributed by atoms with E-state index >= 15 is 0 Å². The van der Waals surface area contributed by atoms with Gasteiger partial charge in [-0.05, 0) is 42.7 Å². The van der Waals surface area contributed by atoms with Gasteiger partial charge in [0.15, 0.2) is 5.43 Å². The van der Waals surface area contributed by atoms with Crippen molar-refractivity contribution in [1.82, 2.24) is 5.32 Å². The number of rotatable bonds is 7. The van der Waals surface area contributed by atoms with Crippen LogP contribution in [0.15, 0.2) is 59.4 Å². The lowest BCUT2D eigenvalue weighted by Crippen LogP contribution is -2.35. The summed E-state index contributed by atoms with van der Waals surface area (Å²) in [5.74, 6) is 6.23. The maximum Gasteiger partial charge on any atom is 0.229 e. The van der Waals surface area contributed by atoms with E-state index < -0.39 is 0 Å². The number of nitrogens with one attached hydrogen (secondary N) is 1. The highest BCUT2D eigenvalue weighted by Gasteiger charge is 2.21. The van der Waals surface area contributed by atoms with Crippen LogP contribution in [0.4, 0.5) is 5.69 Å². The molecule has 0 aliphatic carbocycles. The van der Waals surface area contributed by atoms with Crippen molar-refractivity contribution in [1.29, 1.82) is 0 Å². The highest BCUT2D eigenvalue weighted by atomic mass is 16.2. The smallest absolute Gasteiger partial charge is 0.229 e. The number of carbonyl (C=O) groups excluding carboxylic acids is 2. The van der Waals surface area contributed by atoms with Crippen molar-refractivity contribution < 1.29 is 9.59 Å². The van der Waals surface area contributed by atoms with E-state index in [1.54, 1.807) is 11.0 Å². The summed E-state index contributed by atoms with van der Waals surface area (Å²) >= 11 is 0. The summed E-state index contributed by atoms with van der Waals surface area (Å²) < 4.78 is 0. The summed E-state index contributed by atoms with van der Waals surface area (Å²) in [6.45, 7) is 0.725. The minimum atomic E-state index is -0.0965. The molecule has 30 heavy (non-hydrogen) atoms. The van der Waals surface area contributed by atoms with E-state index in [1.165, 1.54) is 0 Å². The SMILES string of the molecule is O=C(CCCc1cc1=O)NCCC(=O)N1Cc2ccccc2C#Cc2ccccc21. The largest absolute Gasteiger partial charge is 0.356 e. The van der Waals surface area contributed by atoms with E-state index in [-0.39, 0.29) is 30.2 Å². The van der Waals surface area contributed by atoms with Gasteiger partial charge >= 0.3 is 0 Å². The zero-order valence-corrected chi connectivity index (χ0v) is 16.6. The predicted octanol–water partition coefficient (Wildman–Crippen LogP) is 2.70. The van der Waals surface area contributed by atoms with Crippen molar-refractivity contribution in [3.8, 4) is 11.8 Å². The molecule has 0 unspecified atom stereocenters. The molecule has 0 spiro atoms. The van der Waals surface area contributed by atoms with E-state index in [4.69, 9.17) is 0 Å². The van der Waals surface area contributed by atoms with Crippen LogP contribution in [0.5, 0.6) is 0 Å². The van der Waals surface area contributed by atoms with Gasteiger partial charge in [0, 0.05) is 36.1 Å². The third-order valence-corrected chi connectivity index (χ3v) is 5.22. The fraction of sp³-hybridized carbons (Fsp3) is 0.240. The number of carbonyl (C=O) groups is 2. The Morgan fingerprint density at radius 1 is 0.967 bits per heavy atom. The van der Waals surface area contributed by atoms with Gasteiger partial charge in [-0.3, -0.25) is 14.4 Å². The standard InChI is InChI=1S/C25H22N2O3/c28-23-16-20(23)9-5-11-24(29)26-15-14-25(30)27-17-21-8-2-1-6-18(21)12-13-19-7-3-4-10-22(19)27/h1-4,6-8,10,16H,5,9,11,14-15,17H2,(H,26,29). The molecule has 3 aromatic rings. The Bertz CT molecular complexity index is 1160. The Balaban J connectivity index is 1.39. The second-order valence-corrected chi connectivity index (χ2v) is 7.39. The molecule has 0 radical (unpaired) electrons. The van der Waals surface area contributed by atoms with Crippen molar-refractivity contribution in [2.75, 3.05) is 11.4 Å². The van der Waals surface area contributed by atoms with Gasteiger partial charge in [0.25, 0.3) is 0 Å². The Labute approximate surface area is 175 Å². The molecule has 0 atom stereocenters. The molecule has 1 heterocycles. The maximum atomic E-state index is 13.0. The Morgan fingerprint density at radius 2 is 1.67 bits per heavy atom. The zero-order valence-electron chi connectivity index (χ0n) is 16.6. The van der Waals surface area contributed by atoms with Gasteiger partial charge in [-0.15, -0.1) is 0 Å². The van der Waals surface area contributed by atoms with Crippen molar-refractivity contribution in [3.63, 3.8) is 0 Å². The normalized spacial score (nSPS) is 12.2. The van der Waals surface area contributed by atoms with Gasteiger partial charge in [0.1, 0.15) is 0 Å². The maximum absolute atomic E-state index is 13.0. The molecule has 4 rings (SSSR count). The third-order valence-electron chi connectivity index (χ3n) is 5.22. The second-order valence-electron chi connectivity index (χ2n) is 7.39. The average molecular weight is 398 g/mol. The lowest BCUT2D eigenvalue weighted by molar-refractivity contribution is -0.121. The molecule has 3 aromatic carbocycles. The van der Waals surface area contributed by atoms with Gasteiger partial charge in [-0.1, -0.05) is 42.2 Å². The molecule has 1 aliphatic heterocycles. The van der Waals surface area contributed by atoms with Gasteiger partial charge in [-0.25, -0.2) is 0 Å². The molecule has 5 nitrogen and oxygen atoms in total. The number of aryl methyl sites for hydroxylation is 1. The van der Waals surface area contributed by atoms with Gasteiger partial charge in [0.05, 0.1) is 12.2 Å². The fourth-order valence-corrected chi connectivity index (χ4v) is 3.50. The zero-order chi connectivity index (χ0) is 20.9. The fourth-order valence-electron chi connectivity index (χ4n) is 3.50. The summed E-state index contributed by atoms with van der Waals surface area (Å²) in [6.07, 6.45) is 1.86. The molecule has 0 aromatic heterocycles. The predicted molar refractivity (Wildman–Crippen MR) is 116 cm³/mol. The number of anilines is 1. The Kier molecular flexibility index (Phi) is 5.76. The first-order chi connectivity index (χ1) is 14.6. The van der Waals surface area contributed by atoms with Gasteiger partial charge in [0.2, 0.25) is 11.8 Å².